The fourth-order valence-electron chi connectivity index (χ4n) is 4.26. The minimum atomic E-state index is -0.749. The van der Waals surface area contributed by atoms with E-state index < -0.39 is 17.7 Å². The van der Waals surface area contributed by atoms with E-state index in [4.69, 9.17) is 21.1 Å². The van der Waals surface area contributed by atoms with Crippen molar-refractivity contribution in [3.8, 4) is 5.75 Å². The summed E-state index contributed by atoms with van der Waals surface area (Å²) in [5, 5.41) is 3.31. The van der Waals surface area contributed by atoms with E-state index in [-0.39, 0.29) is 11.9 Å². The number of nitrogens with one attached hydrogen (secondary N) is 1. The number of carbonyl (C=O) groups excluding carboxylic acids is 2. The molecule has 1 N–H and O–H groups in total. The maximum atomic E-state index is 13.7. The number of benzene rings is 3. The van der Waals surface area contributed by atoms with Gasteiger partial charge in [-0.15, -0.1) is 0 Å². The van der Waals surface area contributed by atoms with Crippen molar-refractivity contribution < 1.29 is 19.1 Å². The van der Waals surface area contributed by atoms with Crippen LogP contribution < -0.4 is 15.0 Å². The molecular weight excluding hydrogens is 476 g/mol. The second-order valence-electron chi connectivity index (χ2n) is 9.91. The first-order valence-corrected chi connectivity index (χ1v) is 12.4. The fourth-order valence-corrected chi connectivity index (χ4v) is 4.43. The van der Waals surface area contributed by atoms with Crippen LogP contribution in [0.2, 0.25) is 5.02 Å². The number of halogens is 1. The lowest BCUT2D eigenvalue weighted by Crippen LogP contribution is -2.54. The van der Waals surface area contributed by atoms with Crippen molar-refractivity contribution in [2.75, 3.05) is 4.90 Å². The van der Waals surface area contributed by atoms with Crippen LogP contribution in [0.15, 0.2) is 72.8 Å². The quantitative estimate of drug-likeness (QED) is 0.416. The predicted octanol–water partition coefficient (Wildman–Crippen LogP) is 6.46. The highest BCUT2D eigenvalue weighted by Crippen LogP contribution is 2.37. The smallest absolute Gasteiger partial charge is 0.408 e. The van der Waals surface area contributed by atoms with Crippen LogP contribution in [-0.2, 0) is 22.6 Å². The Hall–Kier alpha value is -3.51. The summed E-state index contributed by atoms with van der Waals surface area (Å²) in [7, 11) is 0. The van der Waals surface area contributed by atoms with Crippen LogP contribution in [0.4, 0.5) is 10.5 Å². The Morgan fingerprint density at radius 1 is 1.08 bits per heavy atom. The molecule has 0 bridgehead atoms. The summed E-state index contributed by atoms with van der Waals surface area (Å²) in [6.45, 7) is 7.74. The van der Waals surface area contributed by atoms with Crippen LogP contribution in [0, 0.1) is 0 Å². The topological polar surface area (TPSA) is 67.9 Å². The van der Waals surface area contributed by atoms with Crippen molar-refractivity contribution in [1.29, 1.82) is 0 Å². The minimum absolute atomic E-state index is 0.214. The van der Waals surface area contributed by atoms with Gasteiger partial charge in [0.25, 0.3) is 5.91 Å². The zero-order valence-electron chi connectivity index (χ0n) is 21.0. The molecule has 0 unspecified atom stereocenters. The van der Waals surface area contributed by atoms with Crippen LogP contribution in [-0.4, -0.2) is 23.6 Å². The number of hydrogen-bond donors (Lipinski definition) is 1. The van der Waals surface area contributed by atoms with Crippen molar-refractivity contribution in [3.05, 3.63) is 94.5 Å². The Balaban J connectivity index is 1.59. The van der Waals surface area contributed by atoms with Crippen molar-refractivity contribution in [3.63, 3.8) is 0 Å². The average Bonchev–Trinajstić information content (AvgIpc) is 2.83. The Kier molecular flexibility index (Phi) is 7.55. The van der Waals surface area contributed by atoms with Crippen molar-refractivity contribution >= 4 is 29.3 Å². The second-order valence-corrected chi connectivity index (χ2v) is 10.3. The third kappa shape index (κ3) is 6.18. The molecule has 6 nitrogen and oxygen atoms in total. The zero-order chi connectivity index (χ0) is 25.9. The van der Waals surface area contributed by atoms with Gasteiger partial charge in [-0.25, -0.2) is 4.79 Å². The first kappa shape index (κ1) is 25.6. The fraction of sp³-hybridized carbons (Fsp3) is 0.310. The van der Waals surface area contributed by atoms with Crippen LogP contribution in [0.3, 0.4) is 0 Å². The largest absolute Gasteiger partial charge is 0.489 e. The molecular formula is C29H31ClN2O4. The molecule has 1 aliphatic rings. The number of para-hydroxylation sites is 1. The van der Waals surface area contributed by atoms with Gasteiger partial charge in [0.2, 0.25) is 0 Å². The number of hydrogen-bond acceptors (Lipinski definition) is 4. The van der Waals surface area contributed by atoms with Gasteiger partial charge >= 0.3 is 6.09 Å². The first-order chi connectivity index (χ1) is 17.1. The van der Waals surface area contributed by atoms with Crippen LogP contribution >= 0.6 is 11.6 Å². The molecule has 4 rings (SSSR count). The van der Waals surface area contributed by atoms with Crippen molar-refractivity contribution in [2.24, 2.45) is 0 Å². The number of rotatable bonds is 6. The standard InChI is InChI=1S/C29H31ClN2O4/c1-19(21-10-8-9-20(15-21)18-35-24-11-6-5-7-12-24)32-26-17-23(30)14-13-22(26)16-25(27(32)33)31-28(34)36-29(2,3)4/h5-15,17,19,25H,16,18H2,1-4H3,(H,31,34)/t19-,25+/m0/s1. The third-order valence-electron chi connectivity index (χ3n) is 5.93. The van der Waals surface area contributed by atoms with Gasteiger partial charge in [-0.1, -0.05) is 60.1 Å². The van der Waals surface area contributed by atoms with Crippen LogP contribution in [0.25, 0.3) is 0 Å². The molecule has 0 radical (unpaired) electrons. The predicted molar refractivity (Wildman–Crippen MR) is 141 cm³/mol. The maximum Gasteiger partial charge on any atom is 0.408 e. The van der Waals surface area contributed by atoms with Crippen LogP contribution in [0.5, 0.6) is 5.75 Å². The summed E-state index contributed by atoms with van der Waals surface area (Å²) >= 11 is 6.31. The molecule has 2 atom stereocenters. The maximum absolute atomic E-state index is 13.7. The minimum Gasteiger partial charge on any atom is -0.489 e. The van der Waals surface area contributed by atoms with Gasteiger partial charge in [0.15, 0.2) is 0 Å². The van der Waals surface area contributed by atoms with Crippen molar-refractivity contribution in [2.45, 2.75) is 58.4 Å². The molecule has 1 heterocycles. The molecule has 2 amide bonds. The summed E-state index contributed by atoms with van der Waals surface area (Å²) in [6, 6.07) is 22.0. The molecule has 0 spiro atoms. The van der Waals surface area contributed by atoms with Gasteiger partial charge in [-0.05, 0) is 68.7 Å². The lowest BCUT2D eigenvalue weighted by molar-refractivity contribution is -0.121. The summed E-state index contributed by atoms with van der Waals surface area (Å²) in [5.41, 5.74) is 2.94. The van der Waals surface area contributed by atoms with Crippen molar-refractivity contribution in [1.82, 2.24) is 5.32 Å². The number of ether oxygens (including phenoxy) is 2. The van der Waals surface area contributed by atoms with E-state index in [1.165, 1.54) is 0 Å². The Labute approximate surface area is 217 Å². The monoisotopic (exact) mass is 506 g/mol. The molecule has 3 aromatic carbocycles. The lowest BCUT2D eigenvalue weighted by Gasteiger charge is -2.38. The molecule has 3 aromatic rings. The normalized spacial score (nSPS) is 16.2. The van der Waals surface area contributed by atoms with Gasteiger partial charge in [0, 0.05) is 17.1 Å². The summed E-state index contributed by atoms with van der Waals surface area (Å²) in [5.74, 6) is 0.579. The molecule has 0 aliphatic carbocycles. The molecule has 1 aliphatic heterocycles. The molecule has 188 valence electrons. The molecule has 0 aromatic heterocycles. The van der Waals surface area contributed by atoms with Gasteiger partial charge in [0.05, 0.1) is 6.04 Å². The van der Waals surface area contributed by atoms with E-state index in [0.717, 1.165) is 28.1 Å². The number of fused-ring (bicyclic) bond motifs is 1. The molecule has 7 heteroatoms. The summed E-state index contributed by atoms with van der Waals surface area (Å²) in [4.78, 5) is 27.9. The van der Waals surface area contributed by atoms with E-state index in [2.05, 4.69) is 5.32 Å². The Morgan fingerprint density at radius 2 is 1.83 bits per heavy atom. The highest BCUT2D eigenvalue weighted by Gasteiger charge is 2.37. The molecule has 0 saturated heterocycles. The van der Waals surface area contributed by atoms with Gasteiger partial charge in [-0.2, -0.15) is 0 Å². The van der Waals surface area contributed by atoms with E-state index in [0.29, 0.717) is 18.1 Å². The highest BCUT2D eigenvalue weighted by molar-refractivity contribution is 6.31. The first-order valence-electron chi connectivity index (χ1n) is 12.0. The highest BCUT2D eigenvalue weighted by atomic mass is 35.5. The molecule has 36 heavy (non-hydrogen) atoms. The summed E-state index contributed by atoms with van der Waals surface area (Å²) in [6.07, 6.45) is -0.260. The average molecular weight is 507 g/mol. The van der Waals surface area contributed by atoms with Gasteiger partial charge < -0.3 is 19.7 Å². The lowest BCUT2D eigenvalue weighted by atomic mass is 9.93. The van der Waals surface area contributed by atoms with E-state index in [9.17, 15) is 9.59 Å². The number of amides is 2. The SMILES string of the molecule is C[C@@H](c1cccc(COc2ccccc2)c1)N1C(=O)[C@H](NC(=O)OC(C)(C)C)Cc2ccc(Cl)cc21. The number of nitrogens with zero attached hydrogens (tertiary/aromatic N) is 1. The summed E-state index contributed by atoms with van der Waals surface area (Å²) < 4.78 is 11.3. The number of carbonyl (C=O) groups is 2. The van der Waals surface area contributed by atoms with Gasteiger partial charge in [-0.3, -0.25) is 4.79 Å². The van der Waals surface area contributed by atoms with E-state index in [1.54, 1.807) is 37.8 Å². The second kappa shape index (κ2) is 10.6. The zero-order valence-corrected chi connectivity index (χ0v) is 21.7. The Bertz CT molecular complexity index is 1240. The number of anilines is 1. The van der Waals surface area contributed by atoms with E-state index in [1.807, 2.05) is 67.6 Å². The van der Waals surface area contributed by atoms with Gasteiger partial charge in [0.1, 0.15) is 24.0 Å². The molecule has 0 saturated carbocycles. The third-order valence-corrected chi connectivity index (χ3v) is 6.16. The number of alkyl carbamates (subject to hydrolysis) is 1. The van der Waals surface area contributed by atoms with E-state index >= 15 is 0 Å². The van der Waals surface area contributed by atoms with Crippen LogP contribution in [0.1, 0.15) is 50.4 Å². The molecule has 0 fully saturated rings. The Morgan fingerprint density at radius 3 is 2.56 bits per heavy atom.